The Morgan fingerprint density at radius 1 is 0.711 bits per heavy atom. The molecule has 5 aromatic rings. The number of nitriles is 1. The third kappa shape index (κ3) is 5.06. The molecule has 0 fully saturated rings. The van der Waals surface area contributed by atoms with Crippen molar-refractivity contribution in [1.82, 2.24) is 4.98 Å². The molecule has 1 heterocycles. The molecule has 38 heavy (non-hydrogen) atoms. The van der Waals surface area contributed by atoms with E-state index < -0.39 is 12.8 Å². The Hall–Kier alpha value is -4.72. The molecule has 0 aliphatic rings. The minimum Gasteiger partial charge on any atom is -0.388 e. The maximum absolute atomic E-state index is 15.0. The highest BCUT2D eigenvalue weighted by atomic mass is 31.2. The van der Waals surface area contributed by atoms with Crippen molar-refractivity contribution < 1.29 is 8.98 Å². The van der Waals surface area contributed by atoms with Crippen molar-refractivity contribution in [2.24, 2.45) is 0 Å². The van der Waals surface area contributed by atoms with Crippen LogP contribution in [-0.4, -0.2) is 4.98 Å². The molecule has 0 saturated heterocycles. The summed E-state index contributed by atoms with van der Waals surface area (Å²) in [5.74, 6) is 0. The molecule has 4 aromatic carbocycles. The molecule has 186 valence electrons. The Morgan fingerprint density at radius 2 is 1.13 bits per heavy atom. The molecule has 0 spiro atoms. The van der Waals surface area contributed by atoms with Crippen LogP contribution in [0.25, 0.3) is 0 Å². The van der Waals surface area contributed by atoms with Crippen molar-refractivity contribution in [2.75, 3.05) is 4.90 Å². The van der Waals surface area contributed by atoms with E-state index in [1.54, 1.807) is 48.5 Å². The van der Waals surface area contributed by atoms with E-state index >= 15 is 4.57 Å². The molecule has 0 aliphatic heterocycles. The van der Waals surface area contributed by atoms with Crippen LogP contribution in [0.5, 0.6) is 0 Å². The predicted molar refractivity (Wildman–Crippen MR) is 150 cm³/mol. The molecule has 1 aromatic heterocycles. The Balaban J connectivity index is 1.72. The van der Waals surface area contributed by atoms with Crippen LogP contribution in [0.15, 0.2) is 131 Å². The average Bonchev–Trinajstić information content (AvgIpc) is 2.98. The number of benzene rings is 4. The van der Waals surface area contributed by atoms with Crippen LogP contribution in [-0.2, 0) is 17.7 Å². The lowest BCUT2D eigenvalue weighted by atomic mass is 10.2. The molecule has 0 radical (unpaired) electrons. The molecule has 0 N–H and O–H groups in total. The zero-order valence-corrected chi connectivity index (χ0v) is 21.4. The monoisotopic (exact) mass is 517 g/mol. The predicted octanol–water partition coefficient (Wildman–Crippen LogP) is 4.75. The number of hydrogen-bond acceptors (Lipinski definition) is 6. The van der Waals surface area contributed by atoms with E-state index in [2.05, 4.69) is 0 Å². The maximum Gasteiger partial charge on any atom is 0.359 e. The fourth-order valence-corrected chi connectivity index (χ4v) is 6.98. The van der Waals surface area contributed by atoms with Gasteiger partial charge in [0.2, 0.25) is 0 Å². The van der Waals surface area contributed by atoms with Gasteiger partial charge in [0, 0.05) is 23.7 Å². The van der Waals surface area contributed by atoms with Crippen LogP contribution in [0.4, 0.5) is 6.01 Å². The fraction of sp³-hybridized carbons (Fsp3) is 0.0645. The Labute approximate surface area is 220 Å². The van der Waals surface area contributed by atoms with Crippen LogP contribution in [0.3, 0.4) is 0 Å². The van der Waals surface area contributed by atoms with Gasteiger partial charge < -0.3 is 13.9 Å². The number of hydrogen-bond donors (Lipinski definition) is 0. The first kappa shape index (κ1) is 25.0. The molecule has 0 atom stereocenters. The van der Waals surface area contributed by atoms with Crippen molar-refractivity contribution in [3.8, 4) is 6.07 Å². The van der Waals surface area contributed by atoms with Gasteiger partial charge in [0.1, 0.15) is 11.5 Å². The molecule has 0 aliphatic carbocycles. The van der Waals surface area contributed by atoms with Gasteiger partial charge in [0.05, 0.1) is 0 Å². The van der Waals surface area contributed by atoms with Crippen molar-refractivity contribution in [1.29, 1.82) is 5.26 Å². The Morgan fingerprint density at radius 3 is 1.55 bits per heavy atom. The molecular formula is C31H24N3O3P. The third-order valence-corrected chi connectivity index (χ3v) is 9.14. The highest BCUT2D eigenvalue weighted by molar-refractivity contribution is 7.85. The van der Waals surface area contributed by atoms with Crippen LogP contribution in [0.2, 0.25) is 0 Å². The number of anilines is 1. The fourth-order valence-electron chi connectivity index (χ4n) is 4.32. The second-order valence-electron chi connectivity index (χ2n) is 8.70. The lowest BCUT2D eigenvalue weighted by Gasteiger charge is -2.24. The summed E-state index contributed by atoms with van der Waals surface area (Å²) in [6.45, 7) is 0.774. The second kappa shape index (κ2) is 11.1. The summed E-state index contributed by atoms with van der Waals surface area (Å²) in [4.78, 5) is 19.7. The first-order valence-corrected chi connectivity index (χ1v) is 13.8. The van der Waals surface area contributed by atoms with Crippen LogP contribution in [0, 0.1) is 11.3 Å². The van der Waals surface area contributed by atoms with E-state index in [4.69, 9.17) is 9.40 Å². The minimum atomic E-state index is -3.71. The smallest absolute Gasteiger partial charge is 0.359 e. The Kier molecular flexibility index (Phi) is 7.31. The van der Waals surface area contributed by atoms with Gasteiger partial charge in [-0.05, 0) is 11.1 Å². The zero-order chi connectivity index (χ0) is 26.4. The number of aromatic nitrogens is 1. The van der Waals surface area contributed by atoms with Gasteiger partial charge in [-0.1, -0.05) is 121 Å². The van der Waals surface area contributed by atoms with E-state index in [0.29, 0.717) is 23.7 Å². The lowest BCUT2D eigenvalue weighted by molar-refractivity contribution is 0.473. The van der Waals surface area contributed by atoms with Crippen molar-refractivity contribution >= 4 is 29.2 Å². The van der Waals surface area contributed by atoms with E-state index in [-0.39, 0.29) is 17.0 Å². The van der Waals surface area contributed by atoms with Crippen LogP contribution < -0.4 is 26.6 Å². The summed E-state index contributed by atoms with van der Waals surface area (Å²) >= 11 is 0. The van der Waals surface area contributed by atoms with Crippen LogP contribution >= 0.6 is 7.14 Å². The third-order valence-electron chi connectivity index (χ3n) is 6.17. The van der Waals surface area contributed by atoms with Gasteiger partial charge in [-0.25, -0.2) is 4.79 Å². The van der Waals surface area contributed by atoms with Gasteiger partial charge in [0.15, 0.2) is 12.7 Å². The van der Waals surface area contributed by atoms with Gasteiger partial charge in [-0.15, -0.1) is 0 Å². The summed E-state index contributed by atoms with van der Waals surface area (Å²) in [6, 6.07) is 39.1. The average molecular weight is 518 g/mol. The largest absolute Gasteiger partial charge is 0.388 e. The number of rotatable bonds is 8. The van der Waals surface area contributed by atoms with E-state index in [1.807, 2.05) is 83.8 Å². The topological polar surface area (TPSA) is 87.2 Å². The second-order valence-corrected chi connectivity index (χ2v) is 11.4. The number of nitrogens with zero attached hydrogens (tertiary/aromatic N) is 3. The summed E-state index contributed by atoms with van der Waals surface area (Å²) in [7, 11) is -3.71. The van der Waals surface area contributed by atoms with Gasteiger partial charge in [-0.2, -0.15) is 10.2 Å². The van der Waals surface area contributed by atoms with Gasteiger partial charge in [-0.3, -0.25) is 0 Å². The van der Waals surface area contributed by atoms with Crippen molar-refractivity contribution in [2.45, 2.75) is 13.1 Å². The lowest BCUT2D eigenvalue weighted by Crippen LogP contribution is -2.35. The normalized spacial score (nSPS) is 11.0. The van der Waals surface area contributed by atoms with Gasteiger partial charge in [0.25, 0.3) is 0 Å². The van der Waals surface area contributed by atoms with E-state index in [9.17, 15) is 10.1 Å². The SMILES string of the molecule is N#Cc1c(P(=O)(c2ccccc2)c2ccccc2)nc(N(Cc2ccccc2)Cc2ccccc2)oc1=O. The van der Waals surface area contributed by atoms with Gasteiger partial charge >= 0.3 is 11.6 Å². The standard InChI is InChI=1S/C31H24N3O3P/c32-21-28-29(38(36,26-17-9-3-10-18-26)27-19-11-4-12-20-27)33-31(37-30(28)35)34(22-24-13-5-1-6-14-24)23-25-15-7-2-8-16-25/h1-20H,22-23H2. The zero-order valence-electron chi connectivity index (χ0n) is 20.5. The highest BCUT2D eigenvalue weighted by Gasteiger charge is 2.36. The van der Waals surface area contributed by atoms with Crippen LogP contribution in [0.1, 0.15) is 16.7 Å². The summed E-state index contributed by atoms with van der Waals surface area (Å²) in [6.07, 6.45) is 0. The first-order valence-electron chi connectivity index (χ1n) is 12.1. The molecule has 6 nitrogen and oxygen atoms in total. The molecule has 0 amide bonds. The molecular weight excluding hydrogens is 493 g/mol. The molecule has 0 unspecified atom stereocenters. The highest BCUT2D eigenvalue weighted by Crippen LogP contribution is 2.42. The van der Waals surface area contributed by atoms with Crippen molar-refractivity contribution in [3.63, 3.8) is 0 Å². The Bertz CT molecular complexity index is 1580. The quantitative estimate of drug-likeness (QED) is 0.276. The molecule has 5 rings (SSSR count). The summed E-state index contributed by atoms with van der Waals surface area (Å²) < 4.78 is 20.7. The minimum absolute atomic E-state index is 0.00351. The maximum atomic E-state index is 15.0. The van der Waals surface area contributed by atoms with Crippen molar-refractivity contribution in [3.05, 3.63) is 148 Å². The molecule has 0 bridgehead atoms. The first-order chi connectivity index (χ1) is 18.6. The van der Waals surface area contributed by atoms with E-state index in [1.165, 1.54) is 0 Å². The summed E-state index contributed by atoms with van der Waals surface area (Å²) in [5, 5.41) is 10.9. The van der Waals surface area contributed by atoms with E-state index in [0.717, 1.165) is 11.1 Å². The molecule has 0 saturated carbocycles. The summed E-state index contributed by atoms with van der Waals surface area (Å²) in [5.41, 5.74) is 0.658. The molecule has 7 heteroatoms.